The Morgan fingerprint density at radius 2 is 1.77 bits per heavy atom. The second-order valence-electron chi connectivity index (χ2n) is 7.09. The van der Waals surface area contributed by atoms with Gasteiger partial charge in [0.05, 0.1) is 14.2 Å². The third-order valence-electron chi connectivity index (χ3n) is 4.54. The minimum Gasteiger partial charge on any atom is -0.493 e. The number of benzene rings is 2. The van der Waals surface area contributed by atoms with Crippen LogP contribution in [0.15, 0.2) is 47.5 Å². The largest absolute Gasteiger partial charge is 0.493 e. The molecule has 30 heavy (non-hydrogen) atoms. The first-order valence-corrected chi connectivity index (χ1v) is 10.1. The summed E-state index contributed by atoms with van der Waals surface area (Å²) in [5.41, 5.74) is 2.30. The average molecular weight is 415 g/mol. The molecule has 0 radical (unpaired) electrons. The van der Waals surface area contributed by atoms with Gasteiger partial charge in [0.1, 0.15) is 12.4 Å². The number of aliphatic imine (C=N–C) groups is 1. The van der Waals surface area contributed by atoms with Gasteiger partial charge in [-0.25, -0.2) is 0 Å². The lowest BCUT2D eigenvalue weighted by atomic mass is 10.1. The molecule has 0 atom stereocenters. The van der Waals surface area contributed by atoms with Crippen LogP contribution in [0.1, 0.15) is 11.1 Å². The van der Waals surface area contributed by atoms with Crippen LogP contribution in [0.5, 0.6) is 17.2 Å². The van der Waals surface area contributed by atoms with Gasteiger partial charge >= 0.3 is 0 Å². The van der Waals surface area contributed by atoms with Crippen LogP contribution in [0, 0.1) is 0 Å². The maximum absolute atomic E-state index is 5.81. The third kappa shape index (κ3) is 7.83. The topological polar surface area (TPSA) is 67.4 Å². The highest BCUT2D eigenvalue weighted by atomic mass is 16.5. The van der Waals surface area contributed by atoms with E-state index in [0.29, 0.717) is 13.2 Å². The number of nitrogens with one attached hydrogen (secondary N) is 2. The zero-order valence-corrected chi connectivity index (χ0v) is 18.7. The molecule has 0 aliphatic rings. The number of hydrogen-bond acceptors (Lipinski definition) is 5. The van der Waals surface area contributed by atoms with Crippen LogP contribution in [0.25, 0.3) is 0 Å². The van der Waals surface area contributed by atoms with Gasteiger partial charge in [0.15, 0.2) is 17.5 Å². The predicted octanol–water partition coefficient (Wildman–Crippen LogP) is 2.55. The molecular weight excluding hydrogens is 380 g/mol. The first-order valence-electron chi connectivity index (χ1n) is 10.1. The van der Waals surface area contributed by atoms with Crippen molar-refractivity contribution in [3.05, 3.63) is 53.6 Å². The molecule has 164 valence electrons. The second kappa shape index (κ2) is 12.6. The van der Waals surface area contributed by atoms with Crippen LogP contribution in [-0.4, -0.2) is 65.9 Å². The highest BCUT2D eigenvalue weighted by Crippen LogP contribution is 2.27. The first kappa shape index (κ1) is 23.3. The number of guanidine groups is 1. The smallest absolute Gasteiger partial charge is 0.191 e. The molecule has 0 amide bonds. The molecule has 2 N–H and O–H groups in total. The van der Waals surface area contributed by atoms with E-state index in [9.17, 15) is 0 Å². The van der Waals surface area contributed by atoms with Gasteiger partial charge < -0.3 is 29.7 Å². The molecule has 0 spiro atoms. The van der Waals surface area contributed by atoms with E-state index < -0.39 is 0 Å². The number of ether oxygens (including phenoxy) is 3. The normalized spacial score (nSPS) is 11.3. The van der Waals surface area contributed by atoms with E-state index >= 15 is 0 Å². The van der Waals surface area contributed by atoms with Gasteiger partial charge in [0.2, 0.25) is 0 Å². The highest BCUT2D eigenvalue weighted by Gasteiger charge is 2.05. The van der Waals surface area contributed by atoms with E-state index in [1.54, 1.807) is 21.3 Å². The van der Waals surface area contributed by atoms with Crippen molar-refractivity contribution >= 4 is 5.96 Å². The molecule has 0 heterocycles. The number of hydrogen-bond donors (Lipinski definition) is 2. The summed E-state index contributed by atoms with van der Waals surface area (Å²) in [7, 11) is 9.13. The Kier molecular flexibility index (Phi) is 9.80. The number of likely N-dealkylation sites (N-methyl/N-ethyl adjacent to an activating group) is 1. The molecule has 0 bridgehead atoms. The molecule has 0 saturated heterocycles. The fraction of sp³-hybridized carbons (Fsp3) is 0.435. The van der Waals surface area contributed by atoms with E-state index in [0.717, 1.165) is 53.8 Å². The lowest BCUT2D eigenvalue weighted by Crippen LogP contribution is -2.37. The SMILES string of the molecule is CN=C(NCCc1ccc(OC)c(OC)c1)NCc1cccc(OCCN(C)C)c1. The first-order chi connectivity index (χ1) is 14.5. The van der Waals surface area contributed by atoms with E-state index in [2.05, 4.69) is 32.7 Å². The van der Waals surface area contributed by atoms with Crippen molar-refractivity contribution in [1.29, 1.82) is 0 Å². The number of methoxy groups -OCH3 is 2. The molecule has 0 unspecified atom stereocenters. The quantitative estimate of drug-likeness (QED) is 0.435. The minimum atomic E-state index is 0.668. The van der Waals surface area contributed by atoms with Crippen molar-refractivity contribution in [2.75, 3.05) is 55.1 Å². The molecule has 0 fully saturated rings. The summed E-state index contributed by atoms with van der Waals surface area (Å²) in [5, 5.41) is 6.69. The summed E-state index contributed by atoms with van der Waals surface area (Å²) in [6.07, 6.45) is 0.844. The molecular formula is C23H34N4O3. The van der Waals surface area contributed by atoms with Gasteiger partial charge in [0, 0.05) is 26.7 Å². The van der Waals surface area contributed by atoms with Crippen molar-refractivity contribution in [2.24, 2.45) is 4.99 Å². The van der Waals surface area contributed by atoms with Gasteiger partial charge in [-0.3, -0.25) is 4.99 Å². The van der Waals surface area contributed by atoms with E-state index in [4.69, 9.17) is 14.2 Å². The van der Waals surface area contributed by atoms with Crippen molar-refractivity contribution in [2.45, 2.75) is 13.0 Å². The predicted molar refractivity (Wildman–Crippen MR) is 122 cm³/mol. The van der Waals surface area contributed by atoms with Crippen LogP contribution >= 0.6 is 0 Å². The van der Waals surface area contributed by atoms with Crippen molar-refractivity contribution < 1.29 is 14.2 Å². The summed E-state index contributed by atoms with van der Waals surface area (Å²) >= 11 is 0. The summed E-state index contributed by atoms with van der Waals surface area (Å²) in [6.45, 7) is 2.98. The third-order valence-corrected chi connectivity index (χ3v) is 4.54. The zero-order valence-electron chi connectivity index (χ0n) is 18.7. The molecule has 0 aromatic heterocycles. The Balaban J connectivity index is 1.80. The monoisotopic (exact) mass is 414 g/mol. The summed E-state index contributed by atoms with van der Waals surface area (Å²) in [6, 6.07) is 14.1. The van der Waals surface area contributed by atoms with Crippen LogP contribution in [0.4, 0.5) is 0 Å². The van der Waals surface area contributed by atoms with Crippen LogP contribution in [0.2, 0.25) is 0 Å². The fourth-order valence-corrected chi connectivity index (χ4v) is 2.86. The van der Waals surface area contributed by atoms with Gasteiger partial charge in [0.25, 0.3) is 0 Å². The molecule has 2 rings (SSSR count). The van der Waals surface area contributed by atoms with Crippen molar-refractivity contribution in [1.82, 2.24) is 15.5 Å². The summed E-state index contributed by atoms with van der Waals surface area (Å²) in [5.74, 6) is 3.12. The lowest BCUT2D eigenvalue weighted by molar-refractivity contribution is 0.261. The fourth-order valence-electron chi connectivity index (χ4n) is 2.86. The molecule has 0 aliphatic carbocycles. The van der Waals surface area contributed by atoms with Crippen LogP contribution < -0.4 is 24.8 Å². The summed E-state index contributed by atoms with van der Waals surface area (Å²) < 4.78 is 16.5. The Labute approximate surface area is 180 Å². The Morgan fingerprint density at radius 3 is 2.47 bits per heavy atom. The van der Waals surface area contributed by atoms with Crippen molar-refractivity contribution in [3.63, 3.8) is 0 Å². The van der Waals surface area contributed by atoms with Crippen molar-refractivity contribution in [3.8, 4) is 17.2 Å². The van der Waals surface area contributed by atoms with E-state index in [1.807, 2.05) is 44.4 Å². The molecule has 2 aromatic carbocycles. The Morgan fingerprint density at radius 1 is 0.967 bits per heavy atom. The van der Waals surface area contributed by atoms with Gasteiger partial charge in [-0.1, -0.05) is 18.2 Å². The molecule has 7 heteroatoms. The number of rotatable bonds is 11. The van der Waals surface area contributed by atoms with E-state index in [-0.39, 0.29) is 0 Å². The lowest BCUT2D eigenvalue weighted by Gasteiger charge is -2.14. The average Bonchev–Trinajstić information content (AvgIpc) is 2.76. The van der Waals surface area contributed by atoms with Gasteiger partial charge in [-0.05, 0) is 55.9 Å². The number of nitrogens with zero attached hydrogens (tertiary/aromatic N) is 2. The standard InChI is InChI=1S/C23H34N4O3/c1-24-23(25-12-11-18-9-10-21(28-4)22(16-18)29-5)26-17-19-7-6-8-20(15-19)30-14-13-27(2)3/h6-10,15-16H,11-14,17H2,1-5H3,(H2,24,25,26). The minimum absolute atomic E-state index is 0.668. The summed E-state index contributed by atoms with van der Waals surface area (Å²) in [4.78, 5) is 6.40. The Bertz CT molecular complexity index is 809. The maximum Gasteiger partial charge on any atom is 0.191 e. The van der Waals surface area contributed by atoms with Crippen LogP contribution in [-0.2, 0) is 13.0 Å². The zero-order chi connectivity index (χ0) is 21.8. The second-order valence-corrected chi connectivity index (χ2v) is 7.09. The maximum atomic E-state index is 5.81. The molecule has 0 aliphatic heterocycles. The molecule has 0 saturated carbocycles. The molecule has 2 aromatic rings. The van der Waals surface area contributed by atoms with E-state index in [1.165, 1.54) is 0 Å². The molecule has 7 nitrogen and oxygen atoms in total. The Hall–Kier alpha value is -2.93. The van der Waals surface area contributed by atoms with Crippen LogP contribution in [0.3, 0.4) is 0 Å². The van der Waals surface area contributed by atoms with Gasteiger partial charge in [-0.2, -0.15) is 0 Å². The van der Waals surface area contributed by atoms with Gasteiger partial charge in [-0.15, -0.1) is 0 Å². The highest BCUT2D eigenvalue weighted by molar-refractivity contribution is 5.79.